The third-order valence-corrected chi connectivity index (χ3v) is 3.44. The summed E-state index contributed by atoms with van der Waals surface area (Å²) in [5.74, 6) is 2.75. The quantitative estimate of drug-likeness (QED) is 0.691. The van der Waals surface area contributed by atoms with Crippen LogP contribution in [0.2, 0.25) is 0 Å². The minimum absolute atomic E-state index is 0.104. The van der Waals surface area contributed by atoms with Crippen molar-refractivity contribution in [3.63, 3.8) is 0 Å². The monoisotopic (exact) mass is 236 g/mol. The zero-order chi connectivity index (χ0) is 12.7. The summed E-state index contributed by atoms with van der Waals surface area (Å²) in [7, 11) is 0. The van der Waals surface area contributed by atoms with E-state index in [0.29, 0.717) is 12.5 Å². The lowest BCUT2D eigenvalue weighted by atomic mass is 10.1. The topological polar surface area (TPSA) is 41.1 Å². The van der Waals surface area contributed by atoms with E-state index < -0.39 is 0 Å². The normalized spacial score (nSPS) is 19.6. The summed E-state index contributed by atoms with van der Waals surface area (Å²) >= 11 is 0. The van der Waals surface area contributed by atoms with Crippen LogP contribution < -0.4 is 10.6 Å². The van der Waals surface area contributed by atoms with Crippen molar-refractivity contribution in [2.45, 2.75) is 70.5 Å². The first-order chi connectivity index (χ1) is 8.17. The Morgan fingerprint density at radius 3 is 2.65 bits per heavy atom. The highest BCUT2D eigenvalue weighted by molar-refractivity contribution is 5.81. The van der Waals surface area contributed by atoms with Gasteiger partial charge in [-0.2, -0.15) is 0 Å². The molecular weight excluding hydrogens is 212 g/mol. The Balaban J connectivity index is 2.32. The average Bonchev–Trinajstić information content (AvgIpc) is 2.81. The fourth-order valence-corrected chi connectivity index (χ4v) is 2.29. The summed E-state index contributed by atoms with van der Waals surface area (Å²) in [6, 6.07) is 0.470. The van der Waals surface area contributed by atoms with Crippen LogP contribution in [0.5, 0.6) is 0 Å². The van der Waals surface area contributed by atoms with Gasteiger partial charge in [0.2, 0.25) is 5.91 Å². The Morgan fingerprint density at radius 1 is 1.47 bits per heavy atom. The highest BCUT2D eigenvalue weighted by Crippen LogP contribution is 2.17. The van der Waals surface area contributed by atoms with E-state index in [1.807, 2.05) is 6.92 Å². The first kappa shape index (κ1) is 14.1. The maximum Gasteiger partial charge on any atom is 0.237 e. The summed E-state index contributed by atoms with van der Waals surface area (Å²) in [6.45, 7) is 3.99. The molecule has 1 aliphatic carbocycles. The molecule has 1 rings (SSSR count). The summed E-state index contributed by atoms with van der Waals surface area (Å²) in [5.41, 5.74) is 0. The van der Waals surface area contributed by atoms with Crippen molar-refractivity contribution >= 4 is 5.91 Å². The standard InChI is InChI=1S/C14H24N2O/c1-4-8-12(5-2)15-11(3)14(17)16-13-9-6-7-10-13/h1,11-13,15H,5-10H2,2-3H3,(H,16,17). The molecule has 17 heavy (non-hydrogen) atoms. The van der Waals surface area contributed by atoms with Gasteiger partial charge in [-0.1, -0.05) is 19.8 Å². The number of carbonyl (C=O) groups excluding carboxylic acids is 1. The summed E-state index contributed by atoms with van der Waals surface area (Å²) < 4.78 is 0. The predicted molar refractivity (Wildman–Crippen MR) is 70.5 cm³/mol. The largest absolute Gasteiger partial charge is 0.352 e. The van der Waals surface area contributed by atoms with Crippen LogP contribution >= 0.6 is 0 Å². The van der Waals surface area contributed by atoms with Gasteiger partial charge in [-0.05, 0) is 26.2 Å². The molecule has 0 aromatic rings. The molecule has 1 amide bonds. The molecule has 3 nitrogen and oxygen atoms in total. The molecular formula is C14H24N2O. The molecule has 2 unspecified atom stereocenters. The first-order valence-electron chi connectivity index (χ1n) is 6.67. The highest BCUT2D eigenvalue weighted by Gasteiger charge is 2.21. The molecule has 2 N–H and O–H groups in total. The van der Waals surface area contributed by atoms with Crippen LogP contribution in [0.1, 0.15) is 52.4 Å². The Hall–Kier alpha value is -1.01. The molecule has 1 fully saturated rings. The van der Waals surface area contributed by atoms with Gasteiger partial charge in [0, 0.05) is 18.5 Å². The molecule has 0 saturated heterocycles. The number of amides is 1. The molecule has 0 radical (unpaired) electrons. The van der Waals surface area contributed by atoms with Crippen LogP contribution in [0, 0.1) is 12.3 Å². The molecule has 0 spiro atoms. The van der Waals surface area contributed by atoms with Crippen molar-refractivity contribution in [1.82, 2.24) is 10.6 Å². The third kappa shape index (κ3) is 4.79. The lowest BCUT2D eigenvalue weighted by molar-refractivity contribution is -0.123. The van der Waals surface area contributed by atoms with Crippen LogP contribution in [0.4, 0.5) is 0 Å². The maximum absolute atomic E-state index is 11.9. The minimum Gasteiger partial charge on any atom is -0.352 e. The number of nitrogens with one attached hydrogen (secondary N) is 2. The third-order valence-electron chi connectivity index (χ3n) is 3.44. The minimum atomic E-state index is -0.158. The van der Waals surface area contributed by atoms with Gasteiger partial charge >= 0.3 is 0 Å². The zero-order valence-corrected chi connectivity index (χ0v) is 11.0. The molecule has 1 saturated carbocycles. The van der Waals surface area contributed by atoms with E-state index in [4.69, 9.17) is 6.42 Å². The molecule has 0 bridgehead atoms. The van der Waals surface area contributed by atoms with E-state index in [9.17, 15) is 4.79 Å². The van der Waals surface area contributed by atoms with E-state index >= 15 is 0 Å². The molecule has 2 atom stereocenters. The van der Waals surface area contributed by atoms with Crippen molar-refractivity contribution in [2.75, 3.05) is 0 Å². The summed E-state index contributed by atoms with van der Waals surface area (Å²) in [4.78, 5) is 11.9. The van der Waals surface area contributed by atoms with E-state index in [0.717, 1.165) is 19.3 Å². The molecule has 0 aromatic heterocycles. The fourth-order valence-electron chi connectivity index (χ4n) is 2.29. The second-order valence-corrected chi connectivity index (χ2v) is 4.89. The number of hydrogen-bond donors (Lipinski definition) is 2. The van der Waals surface area contributed by atoms with Crippen LogP contribution in [0.15, 0.2) is 0 Å². The average molecular weight is 236 g/mol. The van der Waals surface area contributed by atoms with Gasteiger partial charge < -0.3 is 10.6 Å². The lowest BCUT2D eigenvalue weighted by Gasteiger charge is -2.22. The number of carbonyl (C=O) groups is 1. The van der Waals surface area contributed by atoms with Crippen LogP contribution in [-0.2, 0) is 4.79 Å². The van der Waals surface area contributed by atoms with E-state index in [1.165, 1.54) is 12.8 Å². The van der Waals surface area contributed by atoms with Gasteiger partial charge in [-0.3, -0.25) is 4.79 Å². The molecule has 0 heterocycles. The molecule has 3 heteroatoms. The van der Waals surface area contributed by atoms with Gasteiger partial charge in [-0.25, -0.2) is 0 Å². The van der Waals surface area contributed by atoms with Crippen LogP contribution in [0.25, 0.3) is 0 Å². The second kappa shape index (κ2) is 7.34. The van der Waals surface area contributed by atoms with Crippen molar-refractivity contribution in [2.24, 2.45) is 0 Å². The van der Waals surface area contributed by atoms with Crippen molar-refractivity contribution in [1.29, 1.82) is 0 Å². The fraction of sp³-hybridized carbons (Fsp3) is 0.786. The van der Waals surface area contributed by atoms with Crippen LogP contribution in [0.3, 0.4) is 0 Å². The Kier molecular flexibility index (Phi) is 6.07. The smallest absolute Gasteiger partial charge is 0.237 e. The van der Waals surface area contributed by atoms with E-state index in [-0.39, 0.29) is 18.0 Å². The second-order valence-electron chi connectivity index (χ2n) is 4.89. The predicted octanol–water partition coefficient (Wildman–Crippen LogP) is 1.83. The Bertz CT molecular complexity index is 276. The van der Waals surface area contributed by atoms with Gasteiger partial charge in [0.15, 0.2) is 0 Å². The van der Waals surface area contributed by atoms with Crippen molar-refractivity contribution in [3.8, 4) is 12.3 Å². The molecule has 0 aromatic carbocycles. The number of hydrogen-bond acceptors (Lipinski definition) is 2. The molecule has 1 aliphatic rings. The maximum atomic E-state index is 11.9. The summed E-state index contributed by atoms with van der Waals surface area (Å²) in [5, 5.41) is 6.38. The number of terminal acetylenes is 1. The summed E-state index contributed by atoms with van der Waals surface area (Å²) in [6.07, 6.45) is 11.7. The highest BCUT2D eigenvalue weighted by atomic mass is 16.2. The molecule has 96 valence electrons. The van der Waals surface area contributed by atoms with Gasteiger partial charge in [0.05, 0.1) is 6.04 Å². The van der Waals surface area contributed by atoms with E-state index in [2.05, 4.69) is 23.5 Å². The van der Waals surface area contributed by atoms with E-state index in [1.54, 1.807) is 0 Å². The van der Waals surface area contributed by atoms with Gasteiger partial charge in [0.25, 0.3) is 0 Å². The van der Waals surface area contributed by atoms with Crippen molar-refractivity contribution < 1.29 is 4.79 Å². The van der Waals surface area contributed by atoms with Crippen molar-refractivity contribution in [3.05, 3.63) is 0 Å². The molecule has 0 aliphatic heterocycles. The zero-order valence-electron chi connectivity index (χ0n) is 11.0. The number of rotatable bonds is 6. The van der Waals surface area contributed by atoms with Gasteiger partial charge in [-0.15, -0.1) is 12.3 Å². The van der Waals surface area contributed by atoms with Crippen LogP contribution in [-0.4, -0.2) is 24.0 Å². The first-order valence-corrected chi connectivity index (χ1v) is 6.67. The Labute approximate surface area is 105 Å². The van der Waals surface area contributed by atoms with Gasteiger partial charge in [0.1, 0.15) is 0 Å². The Morgan fingerprint density at radius 2 is 2.12 bits per heavy atom. The lowest BCUT2D eigenvalue weighted by Crippen LogP contribution is -2.48. The SMILES string of the molecule is C#CCC(CC)NC(C)C(=O)NC1CCCC1.